The van der Waals surface area contributed by atoms with Gasteiger partial charge in [-0.25, -0.2) is 4.98 Å². The summed E-state index contributed by atoms with van der Waals surface area (Å²) in [5.74, 6) is 0.919. The zero-order valence-electron chi connectivity index (χ0n) is 31.4. The predicted molar refractivity (Wildman–Crippen MR) is 227 cm³/mol. The highest BCUT2D eigenvalue weighted by Gasteiger charge is 2.59. The fourth-order valence-electron chi connectivity index (χ4n) is 9.88. The number of benzene rings is 5. The van der Waals surface area contributed by atoms with Crippen LogP contribution in [0.1, 0.15) is 39.7 Å². The van der Waals surface area contributed by atoms with Crippen molar-refractivity contribution in [3.63, 3.8) is 0 Å². The van der Waals surface area contributed by atoms with Gasteiger partial charge >= 0.3 is 0 Å². The van der Waals surface area contributed by atoms with E-state index in [-0.39, 0.29) is 10.8 Å². The van der Waals surface area contributed by atoms with Crippen LogP contribution in [-0.2, 0) is 0 Å². The molecule has 0 saturated heterocycles. The number of aromatic nitrogens is 2. The minimum Gasteiger partial charge on any atom is -0.309 e. The van der Waals surface area contributed by atoms with Gasteiger partial charge in [-0.15, -0.1) is 0 Å². The number of nitrogens with zero attached hydrogens (tertiary/aromatic N) is 2. The summed E-state index contributed by atoms with van der Waals surface area (Å²) in [6.45, 7) is 9.83. The van der Waals surface area contributed by atoms with E-state index < -0.39 is 0 Å². The van der Waals surface area contributed by atoms with Gasteiger partial charge in [0.2, 0.25) is 0 Å². The number of para-hydroxylation sites is 1. The molecule has 0 amide bonds. The summed E-state index contributed by atoms with van der Waals surface area (Å²) >= 11 is 0. The van der Waals surface area contributed by atoms with Crippen LogP contribution in [0, 0.1) is 22.7 Å². The first-order chi connectivity index (χ1) is 26.3. The molecular formula is C52H44N2. The quantitative estimate of drug-likeness (QED) is 0.175. The van der Waals surface area contributed by atoms with Crippen LogP contribution >= 0.6 is 0 Å². The molecule has 5 aromatic carbocycles. The van der Waals surface area contributed by atoms with E-state index in [0.29, 0.717) is 11.8 Å². The second kappa shape index (κ2) is 12.3. The number of pyridine rings is 1. The Balaban J connectivity index is 1.24. The molecule has 2 heterocycles. The minimum absolute atomic E-state index is 0.0252. The maximum Gasteiger partial charge on any atom is 0.0722 e. The van der Waals surface area contributed by atoms with Crippen LogP contribution in [-0.4, -0.2) is 9.55 Å². The summed E-state index contributed by atoms with van der Waals surface area (Å²) in [6.07, 6.45) is 13.4. The Bertz CT molecular complexity index is 2660. The highest BCUT2D eigenvalue weighted by molar-refractivity contribution is 6.16. The van der Waals surface area contributed by atoms with Gasteiger partial charge in [-0.05, 0) is 93.6 Å². The zero-order valence-corrected chi connectivity index (χ0v) is 31.4. The van der Waals surface area contributed by atoms with E-state index >= 15 is 0 Å². The number of allylic oxidation sites excluding steroid dienone is 8. The normalized spacial score (nSPS) is 21.4. The summed E-state index contributed by atoms with van der Waals surface area (Å²) in [4.78, 5) is 5.43. The van der Waals surface area contributed by atoms with Crippen LogP contribution in [0.15, 0.2) is 181 Å². The molecule has 0 bridgehead atoms. The smallest absolute Gasteiger partial charge is 0.0722 e. The Morgan fingerprint density at radius 2 is 1.33 bits per heavy atom. The third kappa shape index (κ3) is 4.82. The molecule has 262 valence electrons. The van der Waals surface area contributed by atoms with Crippen molar-refractivity contribution >= 4 is 27.4 Å². The average molecular weight is 697 g/mol. The second-order valence-electron chi connectivity index (χ2n) is 16.2. The summed E-state index contributed by atoms with van der Waals surface area (Å²) in [7, 11) is 0. The SMILES string of the molecule is CC1C=C2C(=CC1)C1C=CC=C(c3ccc4c(c3)c3c(-c5cc(-c6ccccc6)cc(-c6ccccc6)n5)cccc3n4-c3ccccc3)C1(C)C2(C)C. The molecule has 3 unspecified atom stereocenters. The van der Waals surface area contributed by atoms with Gasteiger partial charge in [0.05, 0.1) is 22.4 Å². The van der Waals surface area contributed by atoms with Crippen molar-refractivity contribution in [1.82, 2.24) is 9.55 Å². The third-order valence-corrected chi connectivity index (χ3v) is 12.9. The van der Waals surface area contributed by atoms with Gasteiger partial charge in [0.1, 0.15) is 0 Å². The van der Waals surface area contributed by atoms with Gasteiger partial charge in [0, 0.05) is 38.9 Å². The molecule has 2 nitrogen and oxygen atoms in total. The number of fused-ring (bicyclic) bond motifs is 6. The Labute approximate surface area is 318 Å². The molecule has 1 saturated carbocycles. The van der Waals surface area contributed by atoms with Gasteiger partial charge in [0.15, 0.2) is 0 Å². The fraction of sp³-hybridized carbons (Fsp3) is 0.173. The average Bonchev–Trinajstić information content (AvgIpc) is 3.64. The number of hydrogen-bond acceptors (Lipinski definition) is 1. The van der Waals surface area contributed by atoms with Crippen molar-refractivity contribution in [2.75, 3.05) is 0 Å². The van der Waals surface area contributed by atoms with Crippen molar-refractivity contribution in [1.29, 1.82) is 0 Å². The highest BCUT2D eigenvalue weighted by Crippen LogP contribution is 2.68. The fourth-order valence-corrected chi connectivity index (χ4v) is 9.88. The first kappa shape index (κ1) is 32.6. The molecule has 0 radical (unpaired) electrons. The van der Waals surface area contributed by atoms with Gasteiger partial charge in [0.25, 0.3) is 0 Å². The van der Waals surface area contributed by atoms with E-state index in [9.17, 15) is 0 Å². The molecule has 7 aromatic rings. The lowest BCUT2D eigenvalue weighted by molar-refractivity contribution is 0.206. The van der Waals surface area contributed by atoms with Crippen LogP contribution in [0.3, 0.4) is 0 Å². The Morgan fingerprint density at radius 1 is 0.630 bits per heavy atom. The van der Waals surface area contributed by atoms with E-state index in [4.69, 9.17) is 4.98 Å². The monoisotopic (exact) mass is 696 g/mol. The molecular weight excluding hydrogens is 653 g/mol. The lowest BCUT2D eigenvalue weighted by Crippen LogP contribution is -2.37. The van der Waals surface area contributed by atoms with Crippen molar-refractivity contribution in [3.8, 4) is 39.3 Å². The third-order valence-electron chi connectivity index (χ3n) is 12.9. The van der Waals surface area contributed by atoms with Crippen LogP contribution in [0.2, 0.25) is 0 Å². The van der Waals surface area contributed by atoms with Crippen LogP contribution in [0.4, 0.5) is 0 Å². The Morgan fingerprint density at radius 3 is 2.09 bits per heavy atom. The molecule has 0 spiro atoms. The highest BCUT2D eigenvalue weighted by atomic mass is 15.0. The Kier molecular flexibility index (Phi) is 7.43. The molecule has 2 heteroatoms. The summed E-state index contributed by atoms with van der Waals surface area (Å²) in [6, 6.07) is 50.5. The lowest BCUT2D eigenvalue weighted by Gasteiger charge is -2.45. The predicted octanol–water partition coefficient (Wildman–Crippen LogP) is 13.7. The number of rotatable bonds is 5. The molecule has 2 aromatic heterocycles. The topological polar surface area (TPSA) is 17.8 Å². The Hall–Kier alpha value is -5.99. The van der Waals surface area contributed by atoms with Crippen molar-refractivity contribution in [2.24, 2.45) is 22.7 Å². The molecule has 1 fully saturated rings. The van der Waals surface area contributed by atoms with E-state index in [0.717, 1.165) is 40.2 Å². The molecule has 0 aliphatic heterocycles. The summed E-state index contributed by atoms with van der Waals surface area (Å²) in [5.41, 5.74) is 15.7. The van der Waals surface area contributed by atoms with Gasteiger partial charge in [-0.1, -0.05) is 155 Å². The standard InChI is InChI=1S/C52H44N2/c1-34-26-28-40-44-24-15-23-43(52(44,4)51(2,3)45(40)30-34)37-27-29-48-42(31-37)50-41(22-14-25-49(50)54(48)39-20-12-7-13-21-39)47-33-38(35-16-8-5-9-17-35)32-46(53-47)36-18-10-6-11-19-36/h5-25,27-34,44H,26H2,1-4H3. The number of hydrogen-bond donors (Lipinski definition) is 0. The van der Waals surface area contributed by atoms with Gasteiger partial charge in [-0.3, -0.25) is 0 Å². The molecule has 54 heavy (non-hydrogen) atoms. The van der Waals surface area contributed by atoms with Gasteiger partial charge in [-0.2, -0.15) is 0 Å². The zero-order chi connectivity index (χ0) is 36.6. The van der Waals surface area contributed by atoms with Crippen LogP contribution < -0.4 is 0 Å². The second-order valence-corrected chi connectivity index (χ2v) is 16.2. The van der Waals surface area contributed by atoms with Crippen LogP contribution in [0.25, 0.3) is 66.7 Å². The molecule has 3 aliphatic carbocycles. The van der Waals surface area contributed by atoms with Crippen molar-refractivity contribution in [2.45, 2.75) is 34.1 Å². The summed E-state index contributed by atoms with van der Waals surface area (Å²) < 4.78 is 2.43. The molecule has 10 rings (SSSR count). The largest absolute Gasteiger partial charge is 0.309 e. The van der Waals surface area contributed by atoms with Crippen molar-refractivity contribution in [3.05, 3.63) is 187 Å². The maximum atomic E-state index is 5.43. The van der Waals surface area contributed by atoms with Crippen LogP contribution in [0.5, 0.6) is 0 Å². The lowest BCUT2D eigenvalue weighted by atomic mass is 9.57. The van der Waals surface area contributed by atoms with E-state index in [1.165, 1.54) is 49.7 Å². The van der Waals surface area contributed by atoms with E-state index in [1.54, 1.807) is 0 Å². The first-order valence-corrected chi connectivity index (χ1v) is 19.4. The molecule has 0 N–H and O–H groups in total. The molecule has 3 aliphatic rings. The van der Waals surface area contributed by atoms with E-state index in [1.807, 2.05) is 0 Å². The summed E-state index contributed by atoms with van der Waals surface area (Å²) in [5, 5.41) is 2.47. The molecule has 3 atom stereocenters. The van der Waals surface area contributed by atoms with Crippen molar-refractivity contribution < 1.29 is 0 Å². The minimum atomic E-state index is -0.0893. The van der Waals surface area contributed by atoms with Gasteiger partial charge < -0.3 is 4.57 Å². The van der Waals surface area contributed by atoms with E-state index in [2.05, 4.69) is 202 Å². The first-order valence-electron chi connectivity index (χ1n) is 19.4. The maximum absolute atomic E-state index is 5.43.